The van der Waals surface area contributed by atoms with Gasteiger partial charge in [0, 0.05) is 5.92 Å². The van der Waals surface area contributed by atoms with E-state index in [2.05, 4.69) is 37.7 Å². The van der Waals surface area contributed by atoms with E-state index < -0.39 is 0 Å². The minimum absolute atomic E-state index is 0.520. The summed E-state index contributed by atoms with van der Waals surface area (Å²) in [6.45, 7) is 8.89. The second-order valence-electron chi connectivity index (χ2n) is 4.29. The van der Waals surface area contributed by atoms with Gasteiger partial charge in [0.1, 0.15) is 6.33 Å². The van der Waals surface area contributed by atoms with Gasteiger partial charge in [-0.25, -0.2) is 9.97 Å². The average molecular weight is 176 g/mol. The summed E-state index contributed by atoms with van der Waals surface area (Å²) >= 11 is 0. The number of hydrogen-bond acceptors (Lipinski definition) is 2. The average Bonchev–Trinajstić information content (AvgIpc) is 2.15. The van der Waals surface area contributed by atoms with Crippen molar-refractivity contribution in [2.45, 2.75) is 45.4 Å². The van der Waals surface area contributed by atoms with E-state index in [1.807, 2.05) is 0 Å². The van der Waals surface area contributed by atoms with E-state index in [0.29, 0.717) is 17.8 Å². The van der Waals surface area contributed by atoms with Gasteiger partial charge in [-0.3, -0.25) is 0 Å². The van der Waals surface area contributed by atoms with Crippen LogP contribution in [0, 0.1) is 0 Å². The van der Waals surface area contributed by atoms with Gasteiger partial charge in [-0.15, -0.1) is 0 Å². The Morgan fingerprint density at radius 2 is 1.85 bits per heavy atom. The molecule has 0 radical (unpaired) electrons. The van der Waals surface area contributed by atoms with Crippen molar-refractivity contribution in [3.8, 4) is 0 Å². The standard InChI is InChI=1S/C11H16N2/c1-6(2)10-9-7(3)8(4)11(9)13-5-12-10/h5-8H,1-4H3. The van der Waals surface area contributed by atoms with Gasteiger partial charge in [0.2, 0.25) is 0 Å². The maximum absolute atomic E-state index is 4.36. The van der Waals surface area contributed by atoms with Gasteiger partial charge in [0.15, 0.2) is 0 Å². The fraction of sp³-hybridized carbons (Fsp3) is 0.636. The summed E-state index contributed by atoms with van der Waals surface area (Å²) in [6, 6.07) is 0. The molecule has 0 saturated carbocycles. The van der Waals surface area contributed by atoms with Gasteiger partial charge in [-0.1, -0.05) is 27.7 Å². The molecule has 0 spiro atoms. The van der Waals surface area contributed by atoms with Gasteiger partial charge < -0.3 is 0 Å². The number of fused-ring (bicyclic) bond motifs is 1. The van der Waals surface area contributed by atoms with Crippen LogP contribution in [0.25, 0.3) is 0 Å². The Hall–Kier alpha value is -0.920. The summed E-state index contributed by atoms with van der Waals surface area (Å²) in [5.74, 6) is 1.79. The van der Waals surface area contributed by atoms with Crippen molar-refractivity contribution in [3.63, 3.8) is 0 Å². The summed E-state index contributed by atoms with van der Waals surface area (Å²) in [6.07, 6.45) is 1.70. The quantitative estimate of drug-likeness (QED) is 0.657. The normalized spacial score (nSPS) is 25.6. The van der Waals surface area contributed by atoms with Crippen molar-refractivity contribution in [1.82, 2.24) is 9.97 Å². The molecule has 0 aromatic carbocycles. The molecule has 1 heterocycles. The van der Waals surface area contributed by atoms with Crippen LogP contribution in [-0.4, -0.2) is 9.97 Å². The molecule has 0 fully saturated rings. The summed E-state index contributed by atoms with van der Waals surface area (Å²) in [4.78, 5) is 8.69. The number of hydrogen-bond donors (Lipinski definition) is 0. The number of rotatable bonds is 1. The number of aromatic nitrogens is 2. The van der Waals surface area contributed by atoms with E-state index in [-0.39, 0.29) is 0 Å². The minimum Gasteiger partial charge on any atom is -0.241 e. The molecule has 0 saturated heterocycles. The highest BCUT2D eigenvalue weighted by molar-refractivity contribution is 5.42. The Labute approximate surface area is 79.4 Å². The largest absolute Gasteiger partial charge is 0.241 e. The smallest absolute Gasteiger partial charge is 0.115 e. The van der Waals surface area contributed by atoms with Crippen molar-refractivity contribution in [3.05, 3.63) is 23.3 Å². The molecule has 0 N–H and O–H groups in total. The fourth-order valence-electron chi connectivity index (χ4n) is 2.10. The third-order valence-electron chi connectivity index (χ3n) is 3.13. The van der Waals surface area contributed by atoms with E-state index in [4.69, 9.17) is 0 Å². The van der Waals surface area contributed by atoms with Crippen LogP contribution in [0.5, 0.6) is 0 Å². The van der Waals surface area contributed by atoms with Crippen LogP contribution in [0.2, 0.25) is 0 Å². The lowest BCUT2D eigenvalue weighted by atomic mass is 9.71. The van der Waals surface area contributed by atoms with Gasteiger partial charge >= 0.3 is 0 Å². The zero-order valence-corrected chi connectivity index (χ0v) is 8.70. The predicted octanol–water partition coefficient (Wildman–Crippen LogP) is 2.82. The highest BCUT2D eigenvalue weighted by Gasteiger charge is 2.35. The monoisotopic (exact) mass is 176 g/mol. The van der Waals surface area contributed by atoms with Crippen molar-refractivity contribution < 1.29 is 0 Å². The third-order valence-corrected chi connectivity index (χ3v) is 3.13. The summed E-state index contributed by atoms with van der Waals surface area (Å²) in [7, 11) is 0. The molecule has 0 aliphatic heterocycles. The molecule has 1 aliphatic rings. The molecule has 2 nitrogen and oxygen atoms in total. The maximum atomic E-state index is 4.36. The summed E-state index contributed by atoms with van der Waals surface area (Å²) in [5.41, 5.74) is 3.92. The number of nitrogens with zero attached hydrogens (tertiary/aromatic N) is 2. The Kier molecular flexibility index (Phi) is 1.86. The van der Waals surface area contributed by atoms with Crippen LogP contribution >= 0.6 is 0 Å². The third kappa shape index (κ3) is 1.08. The van der Waals surface area contributed by atoms with Crippen molar-refractivity contribution in [2.24, 2.45) is 0 Å². The van der Waals surface area contributed by atoms with Crippen LogP contribution in [0.15, 0.2) is 6.33 Å². The van der Waals surface area contributed by atoms with E-state index in [9.17, 15) is 0 Å². The van der Waals surface area contributed by atoms with Gasteiger partial charge in [0.05, 0.1) is 11.4 Å². The predicted molar refractivity (Wildman–Crippen MR) is 53.0 cm³/mol. The zero-order valence-electron chi connectivity index (χ0n) is 8.70. The first-order valence-electron chi connectivity index (χ1n) is 4.97. The molecule has 1 aliphatic carbocycles. The fourth-order valence-corrected chi connectivity index (χ4v) is 2.10. The van der Waals surface area contributed by atoms with Crippen LogP contribution in [0.3, 0.4) is 0 Å². The van der Waals surface area contributed by atoms with Crippen molar-refractivity contribution in [2.75, 3.05) is 0 Å². The molecular formula is C11H16N2. The molecule has 0 bridgehead atoms. The second kappa shape index (κ2) is 2.79. The second-order valence-corrected chi connectivity index (χ2v) is 4.29. The first kappa shape index (κ1) is 8.67. The van der Waals surface area contributed by atoms with Gasteiger partial charge in [-0.05, 0) is 17.4 Å². The molecule has 2 atom stereocenters. The van der Waals surface area contributed by atoms with Crippen LogP contribution in [-0.2, 0) is 0 Å². The molecule has 2 unspecified atom stereocenters. The molecule has 13 heavy (non-hydrogen) atoms. The molecule has 2 heteroatoms. The lowest BCUT2D eigenvalue weighted by Crippen LogP contribution is -2.24. The molecule has 0 amide bonds. The van der Waals surface area contributed by atoms with Gasteiger partial charge in [0.25, 0.3) is 0 Å². The Balaban J connectivity index is 2.51. The lowest BCUT2D eigenvalue weighted by molar-refractivity contribution is 0.501. The van der Waals surface area contributed by atoms with E-state index in [0.717, 1.165) is 0 Å². The highest BCUT2D eigenvalue weighted by Crippen LogP contribution is 2.46. The first-order chi connectivity index (χ1) is 6.13. The summed E-state index contributed by atoms with van der Waals surface area (Å²) in [5, 5.41) is 0. The molecular weight excluding hydrogens is 160 g/mol. The molecule has 70 valence electrons. The van der Waals surface area contributed by atoms with Crippen molar-refractivity contribution in [1.29, 1.82) is 0 Å². The summed E-state index contributed by atoms with van der Waals surface area (Å²) < 4.78 is 0. The lowest BCUT2D eigenvalue weighted by Gasteiger charge is -2.35. The molecule has 1 aromatic heterocycles. The van der Waals surface area contributed by atoms with Gasteiger partial charge in [-0.2, -0.15) is 0 Å². The van der Waals surface area contributed by atoms with Crippen LogP contribution in [0.1, 0.15) is 62.4 Å². The topological polar surface area (TPSA) is 25.8 Å². The highest BCUT2D eigenvalue weighted by atomic mass is 14.9. The Morgan fingerprint density at radius 1 is 1.15 bits per heavy atom. The molecule has 2 rings (SSSR count). The van der Waals surface area contributed by atoms with Crippen LogP contribution < -0.4 is 0 Å². The minimum atomic E-state index is 0.520. The van der Waals surface area contributed by atoms with E-state index in [1.54, 1.807) is 6.33 Å². The SMILES string of the molecule is CC(C)c1ncnc2c1C(C)C2C. The Bertz CT molecular complexity index is 331. The Morgan fingerprint density at radius 3 is 2.46 bits per heavy atom. The van der Waals surface area contributed by atoms with Crippen LogP contribution in [0.4, 0.5) is 0 Å². The maximum Gasteiger partial charge on any atom is 0.115 e. The molecule has 1 aromatic rings. The first-order valence-corrected chi connectivity index (χ1v) is 4.97. The zero-order chi connectivity index (χ0) is 9.59. The van der Waals surface area contributed by atoms with Crippen molar-refractivity contribution >= 4 is 0 Å². The van der Waals surface area contributed by atoms with E-state index in [1.165, 1.54) is 17.0 Å². The van der Waals surface area contributed by atoms with E-state index >= 15 is 0 Å².